The van der Waals surface area contributed by atoms with E-state index in [2.05, 4.69) is 10.3 Å². The molecule has 0 radical (unpaired) electrons. The highest BCUT2D eigenvalue weighted by atomic mass is 32.2. The molecule has 0 saturated carbocycles. The molecule has 1 unspecified atom stereocenters. The molecule has 5 nitrogen and oxygen atoms in total. The first kappa shape index (κ1) is 11.2. The number of pyridine rings is 1. The van der Waals surface area contributed by atoms with Gasteiger partial charge in [0.25, 0.3) is 0 Å². The minimum Gasteiger partial charge on any atom is -0.478 e. The Morgan fingerprint density at radius 1 is 1.75 bits per heavy atom. The molecule has 0 saturated heterocycles. The van der Waals surface area contributed by atoms with Gasteiger partial charge in [-0.3, -0.25) is 0 Å². The number of nitrogens with one attached hydrogen (secondary N) is 1. The van der Waals surface area contributed by atoms with Crippen molar-refractivity contribution >= 4 is 23.4 Å². The Hall–Kier alpha value is -1.27. The predicted molar refractivity (Wildman–Crippen MR) is 61.0 cm³/mol. The Balaban J connectivity index is 2.27. The molecule has 2 rings (SSSR count). The van der Waals surface area contributed by atoms with E-state index in [1.54, 1.807) is 24.9 Å². The number of aromatic carboxylic acids is 1. The number of carboxylic acid groups (broad SMARTS) is 1. The number of carboxylic acids is 1. The van der Waals surface area contributed by atoms with E-state index >= 15 is 0 Å². The number of rotatable bonds is 3. The van der Waals surface area contributed by atoms with Crippen LogP contribution in [0.25, 0.3) is 0 Å². The van der Waals surface area contributed by atoms with Gasteiger partial charge in [-0.05, 0) is 13.0 Å². The van der Waals surface area contributed by atoms with Gasteiger partial charge in [0.05, 0.1) is 17.9 Å². The fourth-order valence-electron chi connectivity index (χ4n) is 1.60. The predicted octanol–water partition coefficient (Wildman–Crippen LogP) is 1.66. The highest BCUT2D eigenvalue weighted by Crippen LogP contribution is 2.44. The van der Waals surface area contributed by atoms with Crippen molar-refractivity contribution in [3.63, 3.8) is 0 Å². The fraction of sp³-hybridized carbons (Fsp3) is 0.400. The molecule has 1 aliphatic rings. The van der Waals surface area contributed by atoms with Gasteiger partial charge in [-0.25, -0.2) is 9.78 Å². The Bertz CT molecular complexity index is 438. The SMILES string of the molecule is COCC1(C)Nc2cc(C(=O)O)cnc2S1. The third-order valence-corrected chi connectivity index (χ3v) is 3.43. The molecule has 0 spiro atoms. The summed E-state index contributed by atoms with van der Waals surface area (Å²) >= 11 is 1.54. The van der Waals surface area contributed by atoms with E-state index in [1.807, 2.05) is 6.92 Å². The topological polar surface area (TPSA) is 71.5 Å². The summed E-state index contributed by atoms with van der Waals surface area (Å²) in [6.07, 6.45) is 1.37. The molecule has 1 aromatic rings. The third kappa shape index (κ3) is 1.98. The molecule has 0 aromatic carbocycles. The monoisotopic (exact) mass is 240 g/mol. The summed E-state index contributed by atoms with van der Waals surface area (Å²) in [6.45, 7) is 2.51. The molecule has 2 N–H and O–H groups in total. The van der Waals surface area contributed by atoms with Crippen molar-refractivity contribution in [3.8, 4) is 0 Å². The second kappa shape index (κ2) is 3.95. The van der Waals surface area contributed by atoms with Crippen molar-refractivity contribution in [1.82, 2.24) is 4.98 Å². The number of aromatic nitrogens is 1. The number of thioether (sulfide) groups is 1. The van der Waals surface area contributed by atoms with Gasteiger partial charge in [0, 0.05) is 13.3 Å². The Labute approximate surface area is 97.2 Å². The van der Waals surface area contributed by atoms with Gasteiger partial charge in [0.1, 0.15) is 9.90 Å². The van der Waals surface area contributed by atoms with Crippen molar-refractivity contribution in [1.29, 1.82) is 0 Å². The van der Waals surface area contributed by atoms with Crippen LogP contribution in [-0.2, 0) is 4.74 Å². The summed E-state index contributed by atoms with van der Waals surface area (Å²) in [6, 6.07) is 1.60. The van der Waals surface area contributed by atoms with Crippen LogP contribution in [-0.4, -0.2) is 34.6 Å². The molecule has 0 amide bonds. The number of methoxy groups -OCH3 is 1. The minimum absolute atomic E-state index is 0.188. The van der Waals surface area contributed by atoms with Crippen molar-refractivity contribution < 1.29 is 14.6 Å². The highest BCUT2D eigenvalue weighted by Gasteiger charge is 2.34. The zero-order chi connectivity index (χ0) is 11.8. The van der Waals surface area contributed by atoms with Crippen LogP contribution in [0.2, 0.25) is 0 Å². The van der Waals surface area contributed by atoms with Crippen LogP contribution in [0.3, 0.4) is 0 Å². The molecular formula is C10H12N2O3S. The summed E-state index contributed by atoms with van der Waals surface area (Å²) in [5.41, 5.74) is 0.943. The molecule has 0 bridgehead atoms. The lowest BCUT2D eigenvalue weighted by Gasteiger charge is -2.22. The molecule has 1 atom stereocenters. The number of carbonyl (C=O) groups is 1. The first-order valence-corrected chi connectivity index (χ1v) is 5.55. The summed E-state index contributed by atoms with van der Waals surface area (Å²) in [4.78, 5) is 14.6. The average Bonchev–Trinajstić information content (AvgIpc) is 2.52. The van der Waals surface area contributed by atoms with Crippen LogP contribution in [0.15, 0.2) is 17.3 Å². The number of anilines is 1. The number of hydrogen-bond donors (Lipinski definition) is 2. The average molecular weight is 240 g/mol. The number of nitrogens with zero attached hydrogens (tertiary/aromatic N) is 1. The zero-order valence-electron chi connectivity index (χ0n) is 8.98. The van der Waals surface area contributed by atoms with Gasteiger partial charge in [-0.1, -0.05) is 11.8 Å². The maximum atomic E-state index is 10.8. The van der Waals surface area contributed by atoms with Crippen LogP contribution in [0, 0.1) is 0 Å². The Morgan fingerprint density at radius 2 is 2.50 bits per heavy atom. The highest BCUT2D eigenvalue weighted by molar-refractivity contribution is 8.01. The fourth-order valence-corrected chi connectivity index (χ4v) is 2.69. The third-order valence-electron chi connectivity index (χ3n) is 2.24. The molecule has 6 heteroatoms. The summed E-state index contributed by atoms with van der Waals surface area (Å²) in [5.74, 6) is -0.970. The molecule has 2 heterocycles. The van der Waals surface area contributed by atoms with E-state index < -0.39 is 5.97 Å². The number of hydrogen-bond acceptors (Lipinski definition) is 5. The van der Waals surface area contributed by atoms with Crippen LogP contribution in [0.1, 0.15) is 17.3 Å². The van der Waals surface area contributed by atoms with Crippen molar-refractivity contribution in [3.05, 3.63) is 17.8 Å². The van der Waals surface area contributed by atoms with Gasteiger partial charge in [-0.2, -0.15) is 0 Å². The first-order chi connectivity index (χ1) is 7.54. The number of fused-ring (bicyclic) bond motifs is 1. The quantitative estimate of drug-likeness (QED) is 0.837. The van der Waals surface area contributed by atoms with Crippen LogP contribution in [0.4, 0.5) is 5.69 Å². The van der Waals surface area contributed by atoms with Crippen molar-refractivity contribution in [2.24, 2.45) is 0 Å². The smallest absolute Gasteiger partial charge is 0.337 e. The second-order valence-corrected chi connectivity index (χ2v) is 5.26. The van der Waals surface area contributed by atoms with E-state index in [0.29, 0.717) is 6.61 Å². The lowest BCUT2D eigenvalue weighted by molar-refractivity contribution is 0.0696. The van der Waals surface area contributed by atoms with Gasteiger partial charge in [0.15, 0.2) is 0 Å². The molecule has 86 valence electrons. The molecule has 0 fully saturated rings. The minimum atomic E-state index is -0.970. The maximum absolute atomic E-state index is 10.8. The van der Waals surface area contributed by atoms with Gasteiger partial charge >= 0.3 is 5.97 Å². The van der Waals surface area contributed by atoms with E-state index in [0.717, 1.165) is 10.7 Å². The van der Waals surface area contributed by atoms with E-state index in [-0.39, 0.29) is 10.4 Å². The molecular weight excluding hydrogens is 228 g/mol. The number of ether oxygens (including phenoxy) is 1. The summed E-state index contributed by atoms with van der Waals surface area (Å²) in [5, 5.41) is 12.9. The van der Waals surface area contributed by atoms with E-state index in [9.17, 15) is 4.79 Å². The largest absolute Gasteiger partial charge is 0.478 e. The van der Waals surface area contributed by atoms with E-state index in [4.69, 9.17) is 9.84 Å². The molecule has 16 heavy (non-hydrogen) atoms. The molecule has 1 aromatic heterocycles. The van der Waals surface area contributed by atoms with Crippen LogP contribution in [0.5, 0.6) is 0 Å². The molecule has 0 aliphatic carbocycles. The second-order valence-electron chi connectivity index (χ2n) is 3.77. The molecule has 1 aliphatic heterocycles. The lowest BCUT2D eigenvalue weighted by Crippen LogP contribution is -2.32. The standard InChI is InChI=1S/C10H12N2O3S/c1-10(5-15-2)12-7-3-6(9(13)14)4-11-8(7)16-10/h3-4,12H,5H2,1-2H3,(H,13,14). The van der Waals surface area contributed by atoms with Crippen molar-refractivity contribution in [2.45, 2.75) is 16.8 Å². The Kier molecular flexibility index (Phi) is 2.77. The normalized spacial score (nSPS) is 22.6. The Morgan fingerprint density at radius 3 is 3.12 bits per heavy atom. The van der Waals surface area contributed by atoms with Gasteiger partial charge in [0.2, 0.25) is 0 Å². The lowest BCUT2D eigenvalue weighted by atomic mass is 10.2. The zero-order valence-corrected chi connectivity index (χ0v) is 9.80. The summed E-state index contributed by atoms with van der Waals surface area (Å²) in [7, 11) is 1.63. The van der Waals surface area contributed by atoms with Crippen LogP contribution < -0.4 is 5.32 Å². The van der Waals surface area contributed by atoms with E-state index in [1.165, 1.54) is 6.20 Å². The van der Waals surface area contributed by atoms with Crippen molar-refractivity contribution in [2.75, 3.05) is 19.0 Å². The maximum Gasteiger partial charge on any atom is 0.337 e. The van der Waals surface area contributed by atoms with Crippen LogP contribution >= 0.6 is 11.8 Å². The van der Waals surface area contributed by atoms with Gasteiger partial charge in [-0.15, -0.1) is 0 Å². The van der Waals surface area contributed by atoms with Gasteiger partial charge < -0.3 is 15.2 Å². The summed E-state index contributed by atoms with van der Waals surface area (Å²) < 4.78 is 5.11. The first-order valence-electron chi connectivity index (χ1n) is 4.73.